The van der Waals surface area contributed by atoms with E-state index in [1.807, 2.05) is 0 Å². The van der Waals surface area contributed by atoms with Gasteiger partial charge in [-0.25, -0.2) is 0 Å². The minimum Gasteiger partial charge on any atom is -0.394 e. The Hall–Kier alpha value is -0.950. The van der Waals surface area contributed by atoms with Crippen LogP contribution in [-0.4, -0.2) is 57.3 Å². The Morgan fingerprint density at radius 3 is 1.23 bits per heavy atom. The van der Waals surface area contributed by atoms with Crippen molar-refractivity contribution in [1.82, 2.24) is 5.32 Å². The third-order valence-corrected chi connectivity index (χ3v) is 9.73. The fourth-order valence-corrected chi connectivity index (χ4v) is 6.40. The summed E-state index contributed by atoms with van der Waals surface area (Å²) in [6, 6.07) is -0.983. The molecule has 47 heavy (non-hydrogen) atoms. The summed E-state index contributed by atoms with van der Waals surface area (Å²) in [5.74, 6) is -0.588. The molecule has 4 unspecified atom stereocenters. The second kappa shape index (κ2) is 36.3. The van der Waals surface area contributed by atoms with Gasteiger partial charge >= 0.3 is 0 Å². The number of hydrogen-bond acceptors (Lipinski definition) is 5. The van der Waals surface area contributed by atoms with Gasteiger partial charge in [-0.2, -0.15) is 0 Å². The highest BCUT2D eigenvalue weighted by atomic mass is 16.3. The smallest absolute Gasteiger partial charge is 0.249 e. The van der Waals surface area contributed by atoms with Gasteiger partial charge < -0.3 is 25.7 Å². The number of hydrogen-bond donors (Lipinski definition) is 5. The van der Waals surface area contributed by atoms with E-state index in [0.717, 1.165) is 44.9 Å². The van der Waals surface area contributed by atoms with Crippen LogP contribution < -0.4 is 5.32 Å². The molecule has 0 fully saturated rings. The molecule has 0 spiro atoms. The second-order valence-electron chi connectivity index (χ2n) is 14.3. The van der Waals surface area contributed by atoms with Crippen molar-refractivity contribution in [3.05, 3.63) is 12.2 Å². The van der Waals surface area contributed by atoms with Gasteiger partial charge in [-0.15, -0.1) is 0 Å². The van der Waals surface area contributed by atoms with Crippen LogP contribution in [0.2, 0.25) is 0 Å². The summed E-state index contributed by atoms with van der Waals surface area (Å²) in [6.07, 6.45) is 38.1. The Bertz CT molecular complexity index is 672. The molecule has 0 rings (SSSR count). The summed E-state index contributed by atoms with van der Waals surface area (Å²) in [5.41, 5.74) is 0. The Balaban J connectivity index is 3.74. The van der Waals surface area contributed by atoms with Gasteiger partial charge in [-0.05, 0) is 38.5 Å². The number of carbonyl (C=O) groups is 1. The fourth-order valence-electron chi connectivity index (χ4n) is 6.40. The van der Waals surface area contributed by atoms with Gasteiger partial charge in [0.1, 0.15) is 12.2 Å². The molecule has 1 amide bonds. The van der Waals surface area contributed by atoms with Crippen molar-refractivity contribution in [2.75, 3.05) is 6.61 Å². The molecule has 0 saturated heterocycles. The fraction of sp³-hybridized carbons (Fsp3) is 0.927. The molecule has 0 aromatic heterocycles. The molecule has 0 aliphatic rings. The largest absolute Gasteiger partial charge is 0.394 e. The minimum atomic E-state index is -1.26. The van der Waals surface area contributed by atoms with Crippen molar-refractivity contribution in [2.24, 2.45) is 0 Å². The van der Waals surface area contributed by atoms with Gasteiger partial charge in [0.05, 0.1) is 18.8 Å². The lowest BCUT2D eigenvalue weighted by Gasteiger charge is -2.27. The van der Waals surface area contributed by atoms with E-state index >= 15 is 0 Å². The van der Waals surface area contributed by atoms with Crippen molar-refractivity contribution in [2.45, 2.75) is 237 Å². The molecular formula is C41H81NO5. The molecule has 0 aliphatic carbocycles. The predicted octanol–water partition coefficient (Wildman–Crippen LogP) is 10.2. The van der Waals surface area contributed by atoms with Crippen LogP contribution in [0, 0.1) is 0 Å². The maximum atomic E-state index is 12.5. The van der Waals surface area contributed by atoms with E-state index in [9.17, 15) is 25.2 Å². The molecular weight excluding hydrogens is 586 g/mol. The first-order valence-corrected chi connectivity index (χ1v) is 20.6. The van der Waals surface area contributed by atoms with E-state index in [2.05, 4.69) is 31.3 Å². The maximum absolute atomic E-state index is 12.5. The SMILES string of the molecule is CCCCCCCCCCCC/C=C\CCCCCCCCC(O)C(=O)NC(CO)C(O)C(O)CCCCCCCCCCCCC. The molecule has 6 nitrogen and oxygen atoms in total. The predicted molar refractivity (Wildman–Crippen MR) is 201 cm³/mol. The molecule has 280 valence electrons. The number of unbranched alkanes of at least 4 members (excludes halogenated alkanes) is 26. The van der Waals surface area contributed by atoms with Gasteiger partial charge in [0, 0.05) is 0 Å². The van der Waals surface area contributed by atoms with Crippen molar-refractivity contribution >= 4 is 5.91 Å². The zero-order valence-corrected chi connectivity index (χ0v) is 31.3. The summed E-state index contributed by atoms with van der Waals surface area (Å²) >= 11 is 0. The summed E-state index contributed by atoms with van der Waals surface area (Å²) in [7, 11) is 0. The number of aliphatic hydroxyl groups is 4. The summed E-state index contributed by atoms with van der Waals surface area (Å²) in [6.45, 7) is 4.03. The van der Waals surface area contributed by atoms with Crippen LogP contribution in [0.3, 0.4) is 0 Å². The topological polar surface area (TPSA) is 110 Å². The Labute approximate surface area is 292 Å². The molecule has 0 aliphatic heterocycles. The lowest BCUT2D eigenvalue weighted by molar-refractivity contribution is -0.132. The Kier molecular flexibility index (Phi) is 35.6. The molecule has 0 bridgehead atoms. The van der Waals surface area contributed by atoms with Crippen LogP contribution in [0.4, 0.5) is 0 Å². The molecule has 6 heteroatoms. The number of nitrogens with one attached hydrogen (secondary N) is 1. The minimum absolute atomic E-state index is 0.364. The van der Waals surface area contributed by atoms with E-state index in [-0.39, 0.29) is 0 Å². The second-order valence-corrected chi connectivity index (χ2v) is 14.3. The third-order valence-electron chi connectivity index (χ3n) is 9.73. The first kappa shape index (κ1) is 46.0. The monoisotopic (exact) mass is 668 g/mol. The van der Waals surface area contributed by atoms with E-state index in [0.29, 0.717) is 12.8 Å². The number of rotatable bonds is 37. The zero-order chi connectivity index (χ0) is 34.6. The normalized spacial score (nSPS) is 14.4. The number of allylic oxidation sites excluding steroid dienone is 2. The highest BCUT2D eigenvalue weighted by Crippen LogP contribution is 2.16. The maximum Gasteiger partial charge on any atom is 0.249 e. The van der Waals surface area contributed by atoms with Crippen LogP contribution in [-0.2, 0) is 4.79 Å². The summed E-state index contributed by atoms with van der Waals surface area (Å²) < 4.78 is 0. The average Bonchev–Trinajstić information content (AvgIpc) is 3.07. The van der Waals surface area contributed by atoms with Crippen molar-refractivity contribution in [3.8, 4) is 0 Å². The Morgan fingerprint density at radius 1 is 0.511 bits per heavy atom. The molecule has 0 saturated carbocycles. The molecule has 5 N–H and O–H groups in total. The average molecular weight is 668 g/mol. The molecule has 0 heterocycles. The molecule has 0 aromatic carbocycles. The van der Waals surface area contributed by atoms with Gasteiger partial charge in [-0.1, -0.05) is 187 Å². The first-order chi connectivity index (χ1) is 23.0. The van der Waals surface area contributed by atoms with Gasteiger partial charge in [0.25, 0.3) is 0 Å². The molecule has 0 aromatic rings. The van der Waals surface area contributed by atoms with Crippen LogP contribution >= 0.6 is 0 Å². The lowest BCUT2D eigenvalue weighted by Crippen LogP contribution is -2.53. The van der Waals surface area contributed by atoms with E-state index in [1.165, 1.54) is 141 Å². The van der Waals surface area contributed by atoms with E-state index < -0.39 is 36.9 Å². The van der Waals surface area contributed by atoms with E-state index in [1.54, 1.807) is 0 Å². The quantitative estimate of drug-likeness (QED) is 0.0335. The number of amides is 1. The third kappa shape index (κ3) is 30.8. The van der Waals surface area contributed by atoms with Crippen LogP contribution in [0.15, 0.2) is 12.2 Å². The van der Waals surface area contributed by atoms with E-state index in [4.69, 9.17) is 0 Å². The standard InChI is InChI=1S/C41H81NO5/c1-3-5-7-9-11-13-15-16-17-18-19-20-21-22-23-25-27-29-31-33-35-39(45)41(47)42-37(36-43)40(46)38(44)34-32-30-28-26-24-14-12-10-8-6-4-2/h20-21,37-40,43-46H,3-19,22-36H2,1-2H3,(H,42,47)/b21-20-. The number of carbonyl (C=O) groups excluding carboxylic acids is 1. The van der Waals surface area contributed by atoms with Gasteiger partial charge in [0.2, 0.25) is 5.91 Å². The summed E-state index contributed by atoms with van der Waals surface area (Å²) in [4.78, 5) is 12.5. The first-order valence-electron chi connectivity index (χ1n) is 20.6. The Morgan fingerprint density at radius 2 is 0.851 bits per heavy atom. The lowest BCUT2D eigenvalue weighted by atomic mass is 9.99. The molecule has 0 radical (unpaired) electrons. The highest BCUT2D eigenvalue weighted by Gasteiger charge is 2.28. The van der Waals surface area contributed by atoms with Crippen molar-refractivity contribution in [1.29, 1.82) is 0 Å². The number of aliphatic hydroxyl groups excluding tert-OH is 4. The van der Waals surface area contributed by atoms with Gasteiger partial charge in [0.15, 0.2) is 0 Å². The van der Waals surface area contributed by atoms with Crippen molar-refractivity contribution < 1.29 is 25.2 Å². The highest BCUT2D eigenvalue weighted by molar-refractivity contribution is 5.80. The van der Waals surface area contributed by atoms with Crippen molar-refractivity contribution in [3.63, 3.8) is 0 Å². The zero-order valence-electron chi connectivity index (χ0n) is 31.3. The molecule has 4 atom stereocenters. The van der Waals surface area contributed by atoms with Gasteiger partial charge in [-0.3, -0.25) is 4.79 Å². The van der Waals surface area contributed by atoms with Crippen LogP contribution in [0.25, 0.3) is 0 Å². The van der Waals surface area contributed by atoms with Crippen LogP contribution in [0.1, 0.15) is 213 Å². The summed E-state index contributed by atoms with van der Waals surface area (Å²) in [5, 5.41) is 43.5. The van der Waals surface area contributed by atoms with Crippen LogP contribution in [0.5, 0.6) is 0 Å².